The van der Waals surface area contributed by atoms with E-state index in [2.05, 4.69) is 21.2 Å². The van der Waals surface area contributed by atoms with Gasteiger partial charge in [0, 0.05) is 11.0 Å². The molecule has 5 nitrogen and oxygen atoms in total. The number of likely N-dealkylation sites (N-methyl/N-ethyl adjacent to an activating group) is 1. The summed E-state index contributed by atoms with van der Waals surface area (Å²) in [6, 6.07) is 2.66. The fraction of sp³-hybridized carbons (Fsp3) is 0.273. The van der Waals surface area contributed by atoms with Crippen molar-refractivity contribution in [3.8, 4) is 0 Å². The van der Waals surface area contributed by atoms with E-state index in [0.29, 0.717) is 10.2 Å². The predicted octanol–water partition coefficient (Wildman–Crippen LogP) is 3.69. The summed E-state index contributed by atoms with van der Waals surface area (Å²) in [6.45, 7) is 1.56. The van der Waals surface area contributed by atoms with Crippen molar-refractivity contribution in [3.63, 3.8) is 0 Å². The molecule has 2 N–H and O–H groups in total. The fourth-order valence-electron chi connectivity index (χ4n) is 1.31. The van der Waals surface area contributed by atoms with Crippen molar-refractivity contribution >= 4 is 56.8 Å². The Bertz CT molecular complexity index is 511. The van der Waals surface area contributed by atoms with E-state index >= 15 is 0 Å². The highest BCUT2D eigenvalue weighted by atomic mass is 79.9. The van der Waals surface area contributed by atoms with Crippen LogP contribution < -0.4 is 5.32 Å². The summed E-state index contributed by atoms with van der Waals surface area (Å²) >= 11 is 15.1. The zero-order valence-corrected chi connectivity index (χ0v) is 13.0. The van der Waals surface area contributed by atoms with Crippen LogP contribution in [0.1, 0.15) is 6.92 Å². The molecule has 0 bridgehead atoms. The molecule has 0 fully saturated rings. The smallest absolute Gasteiger partial charge is 0.323 e. The van der Waals surface area contributed by atoms with Crippen molar-refractivity contribution in [2.75, 3.05) is 18.4 Å². The van der Waals surface area contributed by atoms with E-state index in [-0.39, 0.29) is 23.1 Å². The number of nitrogens with zero attached hydrogens (tertiary/aromatic N) is 1. The lowest BCUT2D eigenvalue weighted by atomic mass is 10.3. The first-order chi connectivity index (χ1) is 8.86. The standard InChI is InChI=1S/C11H11BrCl2N2O3/c1-2-16(5-8(17)18)11(19)15-7-4-3-6(12)9(13)10(7)14/h3-4H,2,5H2,1H3,(H,15,19)(H,17,18). The quantitative estimate of drug-likeness (QED) is 0.795. The van der Waals surface area contributed by atoms with Gasteiger partial charge in [0.2, 0.25) is 0 Å². The molecular formula is C11H11BrCl2N2O3. The largest absolute Gasteiger partial charge is 0.480 e. The van der Waals surface area contributed by atoms with Crippen LogP contribution in [0, 0.1) is 0 Å². The van der Waals surface area contributed by atoms with E-state index in [1.54, 1.807) is 19.1 Å². The first-order valence-corrected chi connectivity index (χ1v) is 6.83. The van der Waals surface area contributed by atoms with Gasteiger partial charge in [0.25, 0.3) is 0 Å². The molecule has 104 valence electrons. The Balaban J connectivity index is 2.87. The average Bonchev–Trinajstić information content (AvgIpc) is 2.36. The van der Waals surface area contributed by atoms with E-state index in [1.807, 2.05) is 0 Å². The Morgan fingerprint density at radius 2 is 2.00 bits per heavy atom. The second-order valence-electron chi connectivity index (χ2n) is 3.56. The number of urea groups is 1. The summed E-state index contributed by atoms with van der Waals surface area (Å²) in [6.07, 6.45) is 0. The van der Waals surface area contributed by atoms with Gasteiger partial charge in [0.1, 0.15) is 6.54 Å². The summed E-state index contributed by atoms with van der Waals surface area (Å²) in [5.41, 5.74) is 0.323. The maximum absolute atomic E-state index is 11.9. The molecule has 1 rings (SSSR count). The van der Waals surface area contributed by atoms with Crippen molar-refractivity contribution < 1.29 is 14.7 Å². The Hall–Kier alpha value is -0.980. The second kappa shape index (κ2) is 6.98. The number of carbonyl (C=O) groups excluding carboxylic acids is 1. The van der Waals surface area contributed by atoms with E-state index < -0.39 is 12.0 Å². The van der Waals surface area contributed by atoms with Crippen molar-refractivity contribution in [1.29, 1.82) is 0 Å². The fourth-order valence-corrected chi connectivity index (χ4v) is 2.13. The lowest BCUT2D eigenvalue weighted by Crippen LogP contribution is -2.38. The summed E-state index contributed by atoms with van der Waals surface area (Å²) in [5.74, 6) is -1.09. The van der Waals surface area contributed by atoms with Crippen molar-refractivity contribution in [2.24, 2.45) is 0 Å². The van der Waals surface area contributed by atoms with Crippen LogP contribution in [0.2, 0.25) is 10.0 Å². The van der Waals surface area contributed by atoms with Gasteiger partial charge in [-0.1, -0.05) is 23.2 Å². The number of aliphatic carboxylic acids is 1. The molecular weight excluding hydrogens is 359 g/mol. The number of anilines is 1. The molecule has 0 aromatic heterocycles. The van der Waals surface area contributed by atoms with Gasteiger partial charge in [-0.3, -0.25) is 4.79 Å². The number of halogens is 3. The first-order valence-electron chi connectivity index (χ1n) is 5.28. The number of hydrogen-bond donors (Lipinski definition) is 2. The van der Waals surface area contributed by atoms with Gasteiger partial charge in [-0.05, 0) is 35.0 Å². The van der Waals surface area contributed by atoms with Gasteiger partial charge >= 0.3 is 12.0 Å². The number of hydrogen-bond acceptors (Lipinski definition) is 2. The lowest BCUT2D eigenvalue weighted by molar-refractivity contribution is -0.137. The van der Waals surface area contributed by atoms with Gasteiger partial charge in [-0.25, -0.2) is 4.79 Å². The van der Waals surface area contributed by atoms with Gasteiger partial charge in [-0.2, -0.15) is 0 Å². The normalized spacial score (nSPS) is 10.1. The van der Waals surface area contributed by atoms with E-state index in [1.165, 1.54) is 0 Å². The summed E-state index contributed by atoms with van der Waals surface area (Å²) in [5, 5.41) is 11.7. The molecule has 8 heteroatoms. The number of amides is 2. The Morgan fingerprint density at radius 3 is 2.53 bits per heavy atom. The molecule has 0 aliphatic carbocycles. The van der Waals surface area contributed by atoms with E-state index in [4.69, 9.17) is 28.3 Å². The van der Waals surface area contributed by atoms with Crippen LogP contribution in [-0.2, 0) is 4.79 Å². The lowest BCUT2D eigenvalue weighted by Gasteiger charge is -2.19. The van der Waals surface area contributed by atoms with Crippen molar-refractivity contribution in [2.45, 2.75) is 6.92 Å². The third-order valence-electron chi connectivity index (χ3n) is 2.27. The second-order valence-corrected chi connectivity index (χ2v) is 5.17. The maximum Gasteiger partial charge on any atom is 0.323 e. The summed E-state index contributed by atoms with van der Waals surface area (Å²) < 4.78 is 0.607. The molecule has 0 unspecified atom stereocenters. The topological polar surface area (TPSA) is 69.6 Å². The minimum Gasteiger partial charge on any atom is -0.480 e. The van der Waals surface area contributed by atoms with Crippen LogP contribution >= 0.6 is 39.1 Å². The SMILES string of the molecule is CCN(CC(=O)O)C(=O)Nc1ccc(Br)c(Cl)c1Cl. The maximum atomic E-state index is 11.9. The van der Waals surface area contributed by atoms with Crippen LogP contribution in [0.3, 0.4) is 0 Å². The van der Waals surface area contributed by atoms with Gasteiger partial charge < -0.3 is 15.3 Å². The summed E-state index contributed by atoms with van der Waals surface area (Å²) in [7, 11) is 0. The van der Waals surface area contributed by atoms with Crippen LogP contribution in [0.5, 0.6) is 0 Å². The van der Waals surface area contributed by atoms with Crippen molar-refractivity contribution in [3.05, 3.63) is 26.7 Å². The summed E-state index contributed by atoms with van der Waals surface area (Å²) in [4.78, 5) is 23.6. The molecule has 0 aliphatic rings. The number of nitrogens with one attached hydrogen (secondary N) is 1. The minimum absolute atomic E-state index is 0.191. The Morgan fingerprint density at radius 1 is 1.37 bits per heavy atom. The highest BCUT2D eigenvalue weighted by molar-refractivity contribution is 9.10. The molecule has 19 heavy (non-hydrogen) atoms. The van der Waals surface area contributed by atoms with Crippen molar-refractivity contribution in [1.82, 2.24) is 4.90 Å². The monoisotopic (exact) mass is 368 g/mol. The van der Waals surface area contributed by atoms with Gasteiger partial charge in [-0.15, -0.1) is 0 Å². The zero-order chi connectivity index (χ0) is 14.6. The predicted molar refractivity (Wildman–Crippen MR) is 78.1 cm³/mol. The van der Waals surface area contributed by atoms with Gasteiger partial charge in [0.15, 0.2) is 0 Å². The number of carbonyl (C=O) groups is 2. The molecule has 0 aliphatic heterocycles. The first kappa shape index (κ1) is 16.1. The molecule has 0 spiro atoms. The Kier molecular flexibility index (Phi) is 5.90. The molecule has 0 radical (unpaired) electrons. The van der Waals surface area contributed by atoms with Crippen LogP contribution in [0.4, 0.5) is 10.5 Å². The Labute approximate surface area is 128 Å². The number of rotatable bonds is 4. The van der Waals surface area contributed by atoms with Gasteiger partial charge in [0.05, 0.1) is 15.7 Å². The number of carboxylic acids is 1. The molecule has 0 saturated carbocycles. The number of benzene rings is 1. The van der Waals surface area contributed by atoms with Crippen LogP contribution in [0.25, 0.3) is 0 Å². The average molecular weight is 370 g/mol. The molecule has 0 atom stereocenters. The zero-order valence-electron chi connectivity index (χ0n) is 9.91. The molecule has 0 saturated heterocycles. The molecule has 1 aromatic carbocycles. The minimum atomic E-state index is -1.09. The third kappa shape index (κ3) is 4.26. The molecule has 1 aromatic rings. The van der Waals surface area contributed by atoms with Crippen LogP contribution in [0.15, 0.2) is 16.6 Å². The van der Waals surface area contributed by atoms with Crippen LogP contribution in [-0.4, -0.2) is 35.1 Å². The number of carboxylic acid groups (broad SMARTS) is 1. The van der Waals surface area contributed by atoms with E-state index in [0.717, 1.165) is 4.90 Å². The van der Waals surface area contributed by atoms with E-state index in [9.17, 15) is 9.59 Å². The third-order valence-corrected chi connectivity index (χ3v) is 4.04. The highest BCUT2D eigenvalue weighted by Gasteiger charge is 2.17. The molecule has 0 heterocycles. The molecule has 2 amide bonds. The highest BCUT2D eigenvalue weighted by Crippen LogP contribution is 2.35.